The Morgan fingerprint density at radius 3 is 2.57 bits per heavy atom. The Labute approximate surface area is 120 Å². The first-order chi connectivity index (χ1) is 9.84. The maximum atomic E-state index is 13.0. The predicted octanol–water partition coefficient (Wildman–Crippen LogP) is 3.95. The molecule has 0 aliphatic carbocycles. The summed E-state index contributed by atoms with van der Waals surface area (Å²) in [7, 11) is 0. The second kappa shape index (κ2) is 5.67. The van der Waals surface area contributed by atoms with Crippen LogP contribution in [0.2, 0.25) is 0 Å². The van der Waals surface area contributed by atoms with Crippen LogP contribution in [0.5, 0.6) is 0 Å². The molecule has 3 N–H and O–H groups in total. The number of rotatable bonds is 4. The first-order valence-electron chi connectivity index (χ1n) is 6.60. The Hall–Kier alpha value is -2.18. The third-order valence-corrected chi connectivity index (χ3v) is 3.09. The molecular weight excluding hydrogens is 281 g/mol. The van der Waals surface area contributed by atoms with Crippen molar-refractivity contribution in [3.05, 3.63) is 35.5 Å². The molecule has 114 valence electrons. The van der Waals surface area contributed by atoms with Crippen molar-refractivity contribution in [1.29, 1.82) is 0 Å². The van der Waals surface area contributed by atoms with Crippen molar-refractivity contribution in [2.24, 2.45) is 0 Å². The molecule has 0 spiro atoms. The van der Waals surface area contributed by atoms with E-state index in [9.17, 15) is 13.2 Å². The summed E-state index contributed by atoms with van der Waals surface area (Å²) in [5.41, 5.74) is 6.10. The van der Waals surface area contributed by atoms with Gasteiger partial charge in [-0.3, -0.25) is 0 Å². The molecule has 0 unspecified atom stereocenters. The number of anilines is 3. The molecule has 0 saturated carbocycles. The predicted molar refractivity (Wildman–Crippen MR) is 76.4 cm³/mol. The summed E-state index contributed by atoms with van der Waals surface area (Å²) in [5.74, 6) is 0.394. The van der Waals surface area contributed by atoms with Crippen LogP contribution in [0.1, 0.15) is 24.6 Å². The van der Waals surface area contributed by atoms with Gasteiger partial charge in [-0.2, -0.15) is 18.3 Å². The molecule has 0 bridgehead atoms. The second-order valence-electron chi connectivity index (χ2n) is 4.74. The molecule has 1 heterocycles. The summed E-state index contributed by atoms with van der Waals surface area (Å²) in [6.45, 7) is 4.26. The number of nitrogens with two attached hydrogens (primary N) is 1. The van der Waals surface area contributed by atoms with Crippen LogP contribution in [0.25, 0.3) is 0 Å². The van der Waals surface area contributed by atoms with Gasteiger partial charge in [-0.05, 0) is 25.5 Å². The number of aryl methyl sites for hydroxylation is 2. The molecule has 0 aliphatic rings. The molecule has 0 aliphatic heterocycles. The summed E-state index contributed by atoms with van der Waals surface area (Å²) < 4.78 is 40.6. The highest BCUT2D eigenvalue weighted by Crippen LogP contribution is 2.37. The molecule has 1 aromatic carbocycles. The summed E-state index contributed by atoms with van der Waals surface area (Å²) >= 11 is 0. The van der Waals surface area contributed by atoms with Gasteiger partial charge in [-0.25, -0.2) is 4.68 Å². The Balaban J connectivity index is 2.44. The van der Waals surface area contributed by atoms with Crippen molar-refractivity contribution >= 4 is 17.2 Å². The molecule has 2 aromatic rings. The van der Waals surface area contributed by atoms with Crippen LogP contribution < -0.4 is 11.1 Å². The lowest BCUT2D eigenvalue weighted by Crippen LogP contribution is -2.11. The lowest BCUT2D eigenvalue weighted by Gasteiger charge is -2.15. The first-order valence-corrected chi connectivity index (χ1v) is 6.60. The van der Waals surface area contributed by atoms with Crippen LogP contribution >= 0.6 is 0 Å². The van der Waals surface area contributed by atoms with E-state index in [4.69, 9.17) is 5.73 Å². The van der Waals surface area contributed by atoms with Crippen LogP contribution in [0.15, 0.2) is 24.3 Å². The molecule has 4 nitrogen and oxygen atoms in total. The van der Waals surface area contributed by atoms with Crippen molar-refractivity contribution in [3.8, 4) is 0 Å². The Morgan fingerprint density at radius 2 is 1.95 bits per heavy atom. The van der Waals surface area contributed by atoms with Gasteiger partial charge in [-0.15, -0.1) is 0 Å². The largest absolute Gasteiger partial charge is 0.418 e. The molecule has 1 aromatic heterocycles. The van der Waals surface area contributed by atoms with Crippen molar-refractivity contribution in [2.45, 2.75) is 33.0 Å². The highest BCUT2D eigenvalue weighted by Gasteiger charge is 2.33. The van der Waals surface area contributed by atoms with Gasteiger partial charge in [0.15, 0.2) is 5.82 Å². The molecular formula is C14H17F3N4. The highest BCUT2D eigenvalue weighted by atomic mass is 19.4. The van der Waals surface area contributed by atoms with Crippen LogP contribution in [-0.2, 0) is 12.7 Å². The van der Waals surface area contributed by atoms with Gasteiger partial charge >= 0.3 is 6.18 Å². The van der Waals surface area contributed by atoms with Crippen molar-refractivity contribution < 1.29 is 13.2 Å². The normalized spacial score (nSPS) is 11.7. The first kappa shape index (κ1) is 15.2. The minimum absolute atomic E-state index is 0.0334. The number of hydrogen-bond acceptors (Lipinski definition) is 3. The zero-order valence-electron chi connectivity index (χ0n) is 11.8. The van der Waals surface area contributed by atoms with E-state index in [0.717, 1.165) is 12.5 Å². The quantitative estimate of drug-likeness (QED) is 0.898. The van der Waals surface area contributed by atoms with Gasteiger partial charge in [-0.1, -0.05) is 19.1 Å². The molecule has 0 atom stereocenters. The molecule has 0 radical (unpaired) electrons. The summed E-state index contributed by atoms with van der Waals surface area (Å²) in [5, 5.41) is 7.01. The Bertz CT molecular complexity index is 632. The standard InChI is InChI=1S/C14H17F3N4/c1-3-8-21-13(12(18)9(2)20-21)19-11-7-5-4-6-10(11)14(15,16)17/h4-7,19H,3,8,18H2,1-2H3. The minimum atomic E-state index is -4.43. The molecule has 7 heteroatoms. The van der Waals surface area contributed by atoms with Gasteiger partial charge in [0.1, 0.15) is 0 Å². The van der Waals surface area contributed by atoms with Crippen molar-refractivity contribution in [2.75, 3.05) is 11.1 Å². The monoisotopic (exact) mass is 298 g/mol. The number of nitrogen functional groups attached to an aromatic ring is 1. The van der Waals surface area contributed by atoms with Gasteiger partial charge in [0.2, 0.25) is 0 Å². The molecule has 21 heavy (non-hydrogen) atoms. The molecule has 2 rings (SSSR count). The van der Waals surface area contributed by atoms with E-state index in [-0.39, 0.29) is 5.69 Å². The van der Waals surface area contributed by atoms with E-state index in [1.807, 2.05) is 6.92 Å². The molecule has 0 fully saturated rings. The Kier molecular flexibility index (Phi) is 4.11. The van der Waals surface area contributed by atoms with Crippen LogP contribution in [0, 0.1) is 6.92 Å². The van der Waals surface area contributed by atoms with E-state index < -0.39 is 11.7 Å². The maximum absolute atomic E-state index is 13.0. The lowest BCUT2D eigenvalue weighted by molar-refractivity contribution is -0.136. The van der Waals surface area contributed by atoms with E-state index in [1.54, 1.807) is 17.7 Å². The summed E-state index contributed by atoms with van der Waals surface area (Å²) in [6.07, 6.45) is -3.63. The van der Waals surface area contributed by atoms with E-state index in [1.165, 1.54) is 12.1 Å². The van der Waals surface area contributed by atoms with E-state index >= 15 is 0 Å². The zero-order valence-corrected chi connectivity index (χ0v) is 11.8. The number of para-hydroxylation sites is 1. The fourth-order valence-corrected chi connectivity index (χ4v) is 2.07. The van der Waals surface area contributed by atoms with Crippen LogP contribution in [0.3, 0.4) is 0 Å². The molecule has 0 amide bonds. The smallest absolute Gasteiger partial charge is 0.394 e. The lowest BCUT2D eigenvalue weighted by atomic mass is 10.1. The fraction of sp³-hybridized carbons (Fsp3) is 0.357. The Morgan fingerprint density at radius 1 is 1.29 bits per heavy atom. The van der Waals surface area contributed by atoms with Gasteiger partial charge in [0.05, 0.1) is 22.6 Å². The SMILES string of the molecule is CCCn1nc(C)c(N)c1Nc1ccccc1C(F)(F)F. The second-order valence-corrected chi connectivity index (χ2v) is 4.74. The number of hydrogen-bond donors (Lipinski definition) is 2. The number of aromatic nitrogens is 2. The molecule has 0 saturated heterocycles. The minimum Gasteiger partial charge on any atom is -0.394 e. The van der Waals surface area contributed by atoms with E-state index in [2.05, 4.69) is 10.4 Å². The van der Waals surface area contributed by atoms with Crippen LogP contribution in [0.4, 0.5) is 30.4 Å². The third kappa shape index (κ3) is 3.12. The highest BCUT2D eigenvalue weighted by molar-refractivity contribution is 5.72. The maximum Gasteiger partial charge on any atom is 0.418 e. The number of halogens is 3. The number of benzene rings is 1. The average molecular weight is 298 g/mol. The van der Waals surface area contributed by atoms with E-state index in [0.29, 0.717) is 23.7 Å². The third-order valence-electron chi connectivity index (χ3n) is 3.09. The van der Waals surface area contributed by atoms with Gasteiger partial charge < -0.3 is 11.1 Å². The van der Waals surface area contributed by atoms with Gasteiger partial charge in [0, 0.05) is 6.54 Å². The number of nitrogens with zero attached hydrogens (tertiary/aromatic N) is 2. The topological polar surface area (TPSA) is 55.9 Å². The van der Waals surface area contributed by atoms with Crippen LogP contribution in [-0.4, -0.2) is 9.78 Å². The van der Waals surface area contributed by atoms with Gasteiger partial charge in [0.25, 0.3) is 0 Å². The van der Waals surface area contributed by atoms with Crippen molar-refractivity contribution in [3.63, 3.8) is 0 Å². The summed E-state index contributed by atoms with van der Waals surface area (Å²) in [4.78, 5) is 0. The number of nitrogens with one attached hydrogen (secondary N) is 1. The fourth-order valence-electron chi connectivity index (χ4n) is 2.07. The summed E-state index contributed by atoms with van der Waals surface area (Å²) in [6, 6.07) is 5.31. The zero-order chi connectivity index (χ0) is 15.6. The van der Waals surface area contributed by atoms with Crippen molar-refractivity contribution in [1.82, 2.24) is 9.78 Å². The average Bonchev–Trinajstić information content (AvgIpc) is 2.67. The number of alkyl halides is 3.